The lowest BCUT2D eigenvalue weighted by molar-refractivity contribution is 0.444. The summed E-state index contributed by atoms with van der Waals surface area (Å²) in [6.07, 6.45) is 3.01. The average Bonchev–Trinajstić information content (AvgIpc) is 2.37. The maximum atomic E-state index is 12.9. The second kappa shape index (κ2) is 5.59. The summed E-state index contributed by atoms with van der Waals surface area (Å²) in [7, 11) is 0. The Morgan fingerprint density at radius 1 is 1.06 bits per heavy atom. The van der Waals surface area contributed by atoms with Gasteiger partial charge in [-0.15, -0.1) is 0 Å². The van der Waals surface area contributed by atoms with E-state index in [1.807, 2.05) is 0 Å². The van der Waals surface area contributed by atoms with Gasteiger partial charge in [0, 0.05) is 19.3 Å². The molecule has 0 spiro atoms. The molecular weight excluding hydrogens is 243 g/mol. The maximum absolute atomic E-state index is 12.9. The van der Waals surface area contributed by atoms with E-state index in [0.717, 1.165) is 17.8 Å². The number of aromatic nitrogens is 2. The number of rotatable bonds is 4. The van der Waals surface area contributed by atoms with Crippen LogP contribution in [0, 0.1) is 17.5 Å². The van der Waals surface area contributed by atoms with Crippen molar-refractivity contribution in [2.75, 3.05) is 0 Å². The third kappa shape index (κ3) is 3.04. The van der Waals surface area contributed by atoms with E-state index < -0.39 is 17.5 Å². The fourth-order valence-electron chi connectivity index (χ4n) is 1.47. The van der Waals surface area contributed by atoms with Crippen molar-refractivity contribution < 1.29 is 13.2 Å². The molecule has 6 heteroatoms. The first-order valence-electron chi connectivity index (χ1n) is 5.26. The van der Waals surface area contributed by atoms with Crippen molar-refractivity contribution >= 4 is 0 Å². The van der Waals surface area contributed by atoms with Gasteiger partial charge >= 0.3 is 0 Å². The van der Waals surface area contributed by atoms with E-state index in [2.05, 4.69) is 15.3 Å². The van der Waals surface area contributed by atoms with Crippen LogP contribution in [0.5, 0.6) is 0 Å². The van der Waals surface area contributed by atoms with Crippen molar-refractivity contribution in [1.82, 2.24) is 15.3 Å². The van der Waals surface area contributed by atoms with Crippen LogP contribution in [0.1, 0.15) is 11.3 Å². The van der Waals surface area contributed by atoms with E-state index in [9.17, 15) is 13.2 Å². The molecule has 0 saturated heterocycles. The molecule has 94 valence electrons. The maximum Gasteiger partial charge on any atom is 0.194 e. The normalized spacial score (nSPS) is 10.6. The van der Waals surface area contributed by atoms with Gasteiger partial charge in [0.05, 0.1) is 5.69 Å². The lowest BCUT2D eigenvalue weighted by Crippen LogP contribution is -2.14. The van der Waals surface area contributed by atoms with Gasteiger partial charge in [-0.25, -0.2) is 23.1 Å². The van der Waals surface area contributed by atoms with E-state index >= 15 is 0 Å². The molecule has 0 fully saturated rings. The first-order valence-corrected chi connectivity index (χ1v) is 5.26. The van der Waals surface area contributed by atoms with Crippen molar-refractivity contribution in [2.45, 2.75) is 13.1 Å². The quantitative estimate of drug-likeness (QED) is 0.849. The molecule has 0 aliphatic carbocycles. The molecule has 18 heavy (non-hydrogen) atoms. The van der Waals surface area contributed by atoms with Gasteiger partial charge in [0.1, 0.15) is 6.33 Å². The van der Waals surface area contributed by atoms with Gasteiger partial charge in [-0.2, -0.15) is 0 Å². The largest absolute Gasteiger partial charge is 0.307 e. The molecule has 1 N–H and O–H groups in total. The molecule has 0 unspecified atom stereocenters. The summed E-state index contributed by atoms with van der Waals surface area (Å²) in [6.45, 7) is 0.654. The predicted octanol–water partition coefficient (Wildman–Crippen LogP) is 2.18. The molecule has 3 nitrogen and oxygen atoms in total. The molecule has 2 aromatic rings. The van der Waals surface area contributed by atoms with Crippen molar-refractivity contribution in [1.29, 1.82) is 0 Å². The van der Waals surface area contributed by atoms with Gasteiger partial charge in [-0.05, 0) is 23.8 Å². The number of benzene rings is 1. The molecular formula is C12H10F3N3. The Hall–Kier alpha value is -1.95. The van der Waals surface area contributed by atoms with Gasteiger partial charge < -0.3 is 5.32 Å². The van der Waals surface area contributed by atoms with Gasteiger partial charge in [0.25, 0.3) is 0 Å². The van der Waals surface area contributed by atoms with Crippen molar-refractivity contribution in [3.63, 3.8) is 0 Å². The Morgan fingerprint density at radius 2 is 1.78 bits per heavy atom. The summed E-state index contributed by atoms with van der Waals surface area (Å²) in [6, 6.07) is 3.65. The highest BCUT2D eigenvalue weighted by atomic mass is 19.2. The zero-order chi connectivity index (χ0) is 13.0. The molecule has 0 atom stereocenters. The van der Waals surface area contributed by atoms with Crippen LogP contribution in [0.3, 0.4) is 0 Å². The lowest BCUT2D eigenvalue weighted by atomic mass is 10.2. The summed E-state index contributed by atoms with van der Waals surface area (Å²) in [4.78, 5) is 7.74. The summed E-state index contributed by atoms with van der Waals surface area (Å²) in [5.74, 6) is -3.82. The molecule has 0 bridgehead atoms. The highest BCUT2D eigenvalue weighted by Gasteiger charge is 2.10. The Kier molecular flexibility index (Phi) is 3.88. The van der Waals surface area contributed by atoms with E-state index in [4.69, 9.17) is 0 Å². The summed E-state index contributed by atoms with van der Waals surface area (Å²) in [5, 5.41) is 2.95. The second-order valence-corrected chi connectivity index (χ2v) is 3.68. The van der Waals surface area contributed by atoms with Crippen LogP contribution in [0.25, 0.3) is 0 Å². The molecule has 0 saturated carbocycles. The predicted molar refractivity (Wildman–Crippen MR) is 58.9 cm³/mol. The fourth-order valence-corrected chi connectivity index (χ4v) is 1.47. The smallest absolute Gasteiger partial charge is 0.194 e. The fraction of sp³-hybridized carbons (Fsp3) is 0.167. The summed E-state index contributed by atoms with van der Waals surface area (Å²) < 4.78 is 38.6. The molecule has 1 aromatic heterocycles. The highest BCUT2D eigenvalue weighted by molar-refractivity contribution is 5.19. The minimum Gasteiger partial charge on any atom is -0.307 e. The third-order valence-corrected chi connectivity index (χ3v) is 2.32. The van der Waals surface area contributed by atoms with Crippen LogP contribution in [0.4, 0.5) is 13.2 Å². The SMILES string of the molecule is Fc1cc(CNCc2ccncn2)cc(F)c1F. The number of nitrogens with one attached hydrogen (secondary N) is 1. The number of hydrogen-bond acceptors (Lipinski definition) is 3. The topological polar surface area (TPSA) is 37.8 Å². The molecule has 0 radical (unpaired) electrons. The number of halogens is 3. The van der Waals surface area contributed by atoms with E-state index in [1.165, 1.54) is 6.33 Å². The van der Waals surface area contributed by atoms with E-state index in [0.29, 0.717) is 12.1 Å². The first kappa shape index (κ1) is 12.5. The zero-order valence-corrected chi connectivity index (χ0v) is 9.33. The van der Waals surface area contributed by atoms with Crippen LogP contribution < -0.4 is 5.32 Å². The molecule has 0 aliphatic heterocycles. The average molecular weight is 253 g/mol. The van der Waals surface area contributed by atoms with Gasteiger partial charge in [0.15, 0.2) is 17.5 Å². The highest BCUT2D eigenvalue weighted by Crippen LogP contribution is 2.13. The van der Waals surface area contributed by atoms with Crippen LogP contribution in [-0.4, -0.2) is 9.97 Å². The van der Waals surface area contributed by atoms with Gasteiger partial charge in [0.2, 0.25) is 0 Å². The lowest BCUT2D eigenvalue weighted by Gasteiger charge is -2.05. The number of hydrogen-bond donors (Lipinski definition) is 1. The van der Waals surface area contributed by atoms with Crippen molar-refractivity contribution in [3.05, 3.63) is 59.4 Å². The van der Waals surface area contributed by atoms with Gasteiger partial charge in [-0.3, -0.25) is 0 Å². The monoisotopic (exact) mass is 253 g/mol. The second-order valence-electron chi connectivity index (χ2n) is 3.68. The Labute approximate surface area is 102 Å². The third-order valence-electron chi connectivity index (χ3n) is 2.32. The summed E-state index contributed by atoms with van der Waals surface area (Å²) in [5.41, 5.74) is 1.09. The molecule has 2 rings (SSSR count). The standard InChI is InChI=1S/C12H10F3N3/c13-10-3-8(4-11(14)12(10)15)5-17-6-9-1-2-16-7-18-9/h1-4,7,17H,5-6H2. The van der Waals surface area contributed by atoms with Gasteiger partial charge in [-0.1, -0.05) is 0 Å². The Morgan fingerprint density at radius 3 is 2.39 bits per heavy atom. The molecule has 0 amide bonds. The molecule has 1 aromatic carbocycles. The first-order chi connectivity index (χ1) is 8.66. The molecule has 1 heterocycles. The Bertz CT molecular complexity index is 508. The Balaban J connectivity index is 1.95. The minimum atomic E-state index is -1.45. The van der Waals surface area contributed by atoms with Crippen LogP contribution in [-0.2, 0) is 13.1 Å². The number of nitrogens with zero attached hydrogens (tertiary/aromatic N) is 2. The minimum absolute atomic E-state index is 0.220. The van der Waals surface area contributed by atoms with Crippen LogP contribution in [0.15, 0.2) is 30.7 Å². The van der Waals surface area contributed by atoms with E-state index in [-0.39, 0.29) is 6.54 Å². The molecule has 0 aliphatic rings. The van der Waals surface area contributed by atoms with Crippen molar-refractivity contribution in [3.8, 4) is 0 Å². The van der Waals surface area contributed by atoms with Crippen LogP contribution in [0.2, 0.25) is 0 Å². The van der Waals surface area contributed by atoms with Crippen LogP contribution >= 0.6 is 0 Å². The van der Waals surface area contributed by atoms with E-state index in [1.54, 1.807) is 12.3 Å². The van der Waals surface area contributed by atoms with Crippen molar-refractivity contribution in [2.24, 2.45) is 0 Å². The summed E-state index contributed by atoms with van der Waals surface area (Å²) >= 11 is 0. The zero-order valence-electron chi connectivity index (χ0n) is 9.33.